The van der Waals surface area contributed by atoms with E-state index in [2.05, 4.69) is 36.5 Å². The van der Waals surface area contributed by atoms with Gasteiger partial charge in [0.2, 0.25) is 0 Å². The maximum absolute atomic E-state index is 9.17. The van der Waals surface area contributed by atoms with E-state index >= 15 is 0 Å². The molecule has 2 N–H and O–H groups in total. The molecule has 18 heavy (non-hydrogen) atoms. The molecule has 3 nitrogen and oxygen atoms in total. The van der Waals surface area contributed by atoms with Crippen LogP contribution >= 0.6 is 0 Å². The Morgan fingerprint density at radius 1 is 1.39 bits per heavy atom. The van der Waals surface area contributed by atoms with Gasteiger partial charge in [-0.25, -0.2) is 0 Å². The lowest BCUT2D eigenvalue weighted by Crippen LogP contribution is -2.35. The Labute approximate surface area is 109 Å². The predicted octanol–water partition coefficient (Wildman–Crippen LogP) is 1.87. The van der Waals surface area contributed by atoms with Gasteiger partial charge in [-0.05, 0) is 30.9 Å². The lowest BCUT2D eigenvalue weighted by Gasteiger charge is -2.27. The molecule has 1 saturated heterocycles. The van der Waals surface area contributed by atoms with Gasteiger partial charge in [0.05, 0.1) is 6.61 Å². The number of aryl methyl sites for hydroxylation is 1. The number of hydrogen-bond donors (Lipinski definition) is 2. The van der Waals surface area contributed by atoms with Crippen LogP contribution in [-0.2, 0) is 11.3 Å². The lowest BCUT2D eigenvalue weighted by atomic mass is 9.84. The summed E-state index contributed by atoms with van der Waals surface area (Å²) in [7, 11) is 0. The van der Waals surface area contributed by atoms with E-state index in [4.69, 9.17) is 9.84 Å². The normalized spacial score (nSPS) is 23.4. The van der Waals surface area contributed by atoms with Gasteiger partial charge in [-0.3, -0.25) is 0 Å². The fourth-order valence-electron chi connectivity index (χ4n) is 2.58. The van der Waals surface area contributed by atoms with E-state index in [0.29, 0.717) is 0 Å². The molecular weight excluding hydrogens is 226 g/mol. The van der Waals surface area contributed by atoms with Crippen LogP contribution in [0.15, 0.2) is 24.3 Å². The third kappa shape index (κ3) is 3.31. The average Bonchev–Trinajstić information content (AvgIpc) is 2.81. The van der Waals surface area contributed by atoms with Crippen molar-refractivity contribution in [3.63, 3.8) is 0 Å². The quantitative estimate of drug-likeness (QED) is 0.809. The third-order valence-electron chi connectivity index (χ3n) is 3.90. The maximum atomic E-state index is 9.17. The summed E-state index contributed by atoms with van der Waals surface area (Å²) in [6.45, 7) is 5.79. The molecule has 1 atom stereocenters. The van der Waals surface area contributed by atoms with Crippen molar-refractivity contribution in [2.75, 3.05) is 26.4 Å². The van der Waals surface area contributed by atoms with Gasteiger partial charge in [0.15, 0.2) is 0 Å². The molecule has 1 fully saturated rings. The molecule has 3 heteroatoms. The first-order valence-electron chi connectivity index (χ1n) is 6.70. The minimum Gasteiger partial charge on any atom is -0.396 e. The topological polar surface area (TPSA) is 41.5 Å². The number of hydrogen-bond acceptors (Lipinski definition) is 3. The molecule has 0 spiro atoms. The van der Waals surface area contributed by atoms with Crippen LogP contribution in [0.25, 0.3) is 0 Å². The van der Waals surface area contributed by atoms with Crippen molar-refractivity contribution < 1.29 is 9.84 Å². The smallest absolute Gasteiger partial charge is 0.0536 e. The largest absolute Gasteiger partial charge is 0.396 e. The van der Waals surface area contributed by atoms with Crippen LogP contribution in [0.5, 0.6) is 0 Å². The molecule has 0 saturated carbocycles. The fourth-order valence-corrected chi connectivity index (χ4v) is 2.58. The summed E-state index contributed by atoms with van der Waals surface area (Å²) in [5.41, 5.74) is 2.80. The zero-order chi connectivity index (χ0) is 12.8. The molecule has 100 valence electrons. The first-order valence-corrected chi connectivity index (χ1v) is 6.70. The van der Waals surface area contributed by atoms with E-state index in [1.165, 1.54) is 11.1 Å². The Kier molecular flexibility index (Phi) is 4.75. The van der Waals surface area contributed by atoms with Crippen molar-refractivity contribution >= 4 is 0 Å². The van der Waals surface area contributed by atoms with Crippen LogP contribution in [0.3, 0.4) is 0 Å². The predicted molar refractivity (Wildman–Crippen MR) is 72.5 cm³/mol. The van der Waals surface area contributed by atoms with E-state index in [9.17, 15) is 0 Å². The number of aliphatic hydroxyl groups excluding tert-OH is 1. The Morgan fingerprint density at radius 2 is 2.22 bits per heavy atom. The van der Waals surface area contributed by atoms with Crippen molar-refractivity contribution in [3.05, 3.63) is 35.4 Å². The van der Waals surface area contributed by atoms with Crippen molar-refractivity contribution in [1.29, 1.82) is 0 Å². The van der Waals surface area contributed by atoms with E-state index in [-0.39, 0.29) is 12.0 Å². The standard InChI is InChI=1S/C15H23NO2/c1-13-4-2-3-5-14(13)10-16-11-15(6-8-17)7-9-18-12-15/h2-5,16-17H,6-12H2,1H3. The van der Waals surface area contributed by atoms with E-state index in [1.54, 1.807) is 0 Å². The molecule has 1 aromatic rings. The zero-order valence-electron chi connectivity index (χ0n) is 11.1. The number of nitrogens with one attached hydrogen (secondary N) is 1. The Hall–Kier alpha value is -0.900. The first-order chi connectivity index (χ1) is 8.76. The summed E-state index contributed by atoms with van der Waals surface area (Å²) >= 11 is 0. The van der Waals surface area contributed by atoms with Crippen LogP contribution < -0.4 is 5.32 Å². The van der Waals surface area contributed by atoms with Gasteiger partial charge < -0.3 is 15.2 Å². The second-order valence-corrected chi connectivity index (χ2v) is 5.31. The Bertz CT molecular complexity index is 373. The lowest BCUT2D eigenvalue weighted by molar-refractivity contribution is 0.124. The molecule has 0 aromatic heterocycles. The average molecular weight is 249 g/mol. The van der Waals surface area contributed by atoms with Crippen LogP contribution in [0, 0.1) is 12.3 Å². The molecule has 1 aromatic carbocycles. The number of aliphatic hydroxyl groups is 1. The highest BCUT2D eigenvalue weighted by Gasteiger charge is 2.33. The van der Waals surface area contributed by atoms with Gasteiger partial charge in [0, 0.05) is 31.7 Å². The van der Waals surface area contributed by atoms with E-state index in [1.807, 2.05) is 0 Å². The van der Waals surface area contributed by atoms with E-state index < -0.39 is 0 Å². The summed E-state index contributed by atoms with van der Waals surface area (Å²) in [5, 5.41) is 12.7. The Balaban J connectivity index is 1.85. The highest BCUT2D eigenvalue weighted by molar-refractivity contribution is 5.25. The SMILES string of the molecule is Cc1ccccc1CNCC1(CCO)CCOC1. The van der Waals surface area contributed by atoms with Gasteiger partial charge in [-0.15, -0.1) is 0 Å². The van der Waals surface area contributed by atoms with Crippen molar-refractivity contribution in [3.8, 4) is 0 Å². The van der Waals surface area contributed by atoms with Gasteiger partial charge in [0.1, 0.15) is 0 Å². The van der Waals surface area contributed by atoms with Gasteiger partial charge in [-0.1, -0.05) is 24.3 Å². The molecule has 2 rings (SSSR count). The number of ether oxygens (including phenoxy) is 1. The molecule has 1 aliphatic rings. The molecule has 0 amide bonds. The highest BCUT2D eigenvalue weighted by Crippen LogP contribution is 2.31. The van der Waals surface area contributed by atoms with Gasteiger partial charge >= 0.3 is 0 Å². The molecule has 0 aliphatic carbocycles. The van der Waals surface area contributed by atoms with Crippen LogP contribution in [0.2, 0.25) is 0 Å². The number of benzene rings is 1. The minimum atomic E-state index is 0.136. The summed E-state index contributed by atoms with van der Waals surface area (Å²) in [5.74, 6) is 0. The first kappa shape index (κ1) is 13.5. The molecule has 0 bridgehead atoms. The summed E-state index contributed by atoms with van der Waals surface area (Å²) in [4.78, 5) is 0. The number of rotatable bonds is 6. The second-order valence-electron chi connectivity index (χ2n) is 5.31. The molecule has 1 heterocycles. The van der Waals surface area contributed by atoms with Gasteiger partial charge in [-0.2, -0.15) is 0 Å². The van der Waals surface area contributed by atoms with E-state index in [0.717, 1.165) is 39.1 Å². The summed E-state index contributed by atoms with van der Waals surface area (Å²) < 4.78 is 5.49. The fraction of sp³-hybridized carbons (Fsp3) is 0.600. The summed E-state index contributed by atoms with van der Waals surface area (Å²) in [6, 6.07) is 8.44. The second kappa shape index (κ2) is 6.32. The van der Waals surface area contributed by atoms with Crippen LogP contribution in [0.1, 0.15) is 24.0 Å². The molecule has 0 radical (unpaired) electrons. The Morgan fingerprint density at radius 3 is 2.89 bits per heavy atom. The van der Waals surface area contributed by atoms with Crippen LogP contribution in [0.4, 0.5) is 0 Å². The molecule has 1 unspecified atom stereocenters. The molecule has 1 aliphatic heterocycles. The third-order valence-corrected chi connectivity index (χ3v) is 3.90. The summed E-state index contributed by atoms with van der Waals surface area (Å²) in [6.07, 6.45) is 1.88. The van der Waals surface area contributed by atoms with Crippen molar-refractivity contribution in [2.24, 2.45) is 5.41 Å². The maximum Gasteiger partial charge on any atom is 0.0536 e. The van der Waals surface area contributed by atoms with Crippen molar-refractivity contribution in [1.82, 2.24) is 5.32 Å². The van der Waals surface area contributed by atoms with Gasteiger partial charge in [0.25, 0.3) is 0 Å². The van der Waals surface area contributed by atoms with Crippen LogP contribution in [-0.4, -0.2) is 31.5 Å². The monoisotopic (exact) mass is 249 g/mol. The minimum absolute atomic E-state index is 0.136. The highest BCUT2D eigenvalue weighted by atomic mass is 16.5. The molecular formula is C15H23NO2. The zero-order valence-corrected chi connectivity index (χ0v) is 11.1. The van der Waals surface area contributed by atoms with Crippen molar-refractivity contribution in [2.45, 2.75) is 26.3 Å².